The van der Waals surface area contributed by atoms with Crippen molar-refractivity contribution in [3.05, 3.63) is 69.7 Å². The smallest absolute Gasteiger partial charge is 0.326 e. The van der Waals surface area contributed by atoms with Crippen molar-refractivity contribution in [1.29, 1.82) is 0 Å². The summed E-state index contributed by atoms with van der Waals surface area (Å²) in [6.45, 7) is 2.97. The summed E-state index contributed by atoms with van der Waals surface area (Å²) >= 11 is 3.41. The third-order valence-electron chi connectivity index (χ3n) is 13.5. The monoisotopic (exact) mass is 1230 g/mol. The SMILES string of the molecule is O=C(O)CCC(NC(=O)NC(CCCCN(Cc1ccc(Br)cc1)C(=O)CCCCCCC(=O)NCCCCNC(=O)c1ccc(CNC(=O)CN2CCN(CC(=O)O)CCN(CC(=O)O)CCN(CC(=O)O)CC2)cc1)C(=O)O)C(=O)O. The number of hydrogen-bond acceptors (Lipinski definition) is 15. The lowest BCUT2D eigenvalue weighted by atomic mass is 10.1. The van der Waals surface area contributed by atoms with Gasteiger partial charge in [-0.1, -0.05) is 53.0 Å². The number of hydrogen-bond donors (Lipinski definition) is 11. The van der Waals surface area contributed by atoms with Crippen molar-refractivity contribution in [3.8, 4) is 0 Å². The standard InChI is InChI=1S/C55H81BrN10O17/c56-42-18-14-40(15-19-42)34-66(24-8-5-9-43(53(79)80)60-55(83)61-44(54(81)82)20-21-48(70)71)47(69)11-4-2-1-3-10-45(67)57-22-6-7-23-58-52(78)41-16-12-39(13-17-41)33-59-46(68)35-62-25-27-63(36-49(72)73)29-31-65(38-51(76)77)32-30-64(28-26-62)37-50(74)75/h12-19,43-44H,1-11,20-38H2,(H,57,67)(H,58,78)(H,59,68)(H,70,71)(H,72,73)(H,74,75)(H,76,77)(H,79,80)(H,81,82)(H2,60,61,83). The van der Waals surface area contributed by atoms with Crippen molar-refractivity contribution >= 4 is 81.4 Å². The number of carboxylic acid groups (broad SMARTS) is 6. The number of urea groups is 1. The minimum atomic E-state index is -1.53. The van der Waals surface area contributed by atoms with Gasteiger partial charge in [-0.15, -0.1) is 0 Å². The summed E-state index contributed by atoms with van der Waals surface area (Å²) in [5.41, 5.74) is 2.06. The first kappa shape index (κ1) is 70.0. The molecule has 0 radical (unpaired) electrons. The largest absolute Gasteiger partial charge is 0.481 e. The maximum atomic E-state index is 13.4. The first-order chi connectivity index (χ1) is 39.6. The van der Waals surface area contributed by atoms with E-state index < -0.39 is 60.4 Å². The van der Waals surface area contributed by atoms with Crippen molar-refractivity contribution in [3.63, 3.8) is 0 Å². The maximum absolute atomic E-state index is 13.4. The van der Waals surface area contributed by atoms with E-state index in [0.717, 1.165) is 28.4 Å². The minimum absolute atomic E-state index is 0.00950. The normalized spacial score (nSPS) is 14.6. The second kappa shape index (κ2) is 39.3. The number of nitrogens with zero attached hydrogens (tertiary/aromatic N) is 5. The van der Waals surface area contributed by atoms with Gasteiger partial charge in [0.05, 0.1) is 26.2 Å². The number of carbonyl (C=O) groups excluding carboxylic acids is 5. The molecule has 3 rings (SSSR count). The van der Waals surface area contributed by atoms with E-state index in [4.69, 9.17) is 5.11 Å². The van der Waals surface area contributed by atoms with Gasteiger partial charge in [-0.25, -0.2) is 14.4 Å². The van der Waals surface area contributed by atoms with Crippen LogP contribution in [0.5, 0.6) is 0 Å². The molecule has 460 valence electrons. The molecule has 1 aliphatic rings. The zero-order valence-electron chi connectivity index (χ0n) is 46.8. The van der Waals surface area contributed by atoms with Crippen LogP contribution in [-0.4, -0.2) is 231 Å². The molecule has 1 saturated heterocycles. The number of unbranched alkanes of at least 4 members (excludes halogenated alkanes) is 5. The number of carboxylic acids is 6. The highest BCUT2D eigenvalue weighted by molar-refractivity contribution is 9.10. The molecule has 11 N–H and O–H groups in total. The van der Waals surface area contributed by atoms with Gasteiger partial charge in [0.1, 0.15) is 12.1 Å². The molecule has 0 saturated carbocycles. The Hall–Kier alpha value is -7.27. The fraction of sp³-hybridized carbons (Fsp3) is 0.582. The molecule has 0 aliphatic carbocycles. The lowest BCUT2D eigenvalue weighted by molar-refractivity contribution is -0.141. The van der Waals surface area contributed by atoms with Crippen molar-refractivity contribution in [1.82, 2.24) is 51.1 Å². The van der Waals surface area contributed by atoms with Crippen LogP contribution in [0, 0.1) is 0 Å². The van der Waals surface area contributed by atoms with E-state index in [9.17, 15) is 78.3 Å². The molecule has 28 heteroatoms. The van der Waals surface area contributed by atoms with Gasteiger partial charge in [-0.3, -0.25) is 58.0 Å². The first-order valence-corrected chi connectivity index (χ1v) is 28.6. The second-order valence-corrected chi connectivity index (χ2v) is 21.2. The van der Waals surface area contributed by atoms with Crippen LogP contribution < -0.4 is 26.6 Å². The van der Waals surface area contributed by atoms with Crippen molar-refractivity contribution in [2.75, 3.05) is 98.2 Å². The summed E-state index contributed by atoms with van der Waals surface area (Å²) in [6, 6.07) is 10.3. The number of nitrogens with one attached hydrogen (secondary N) is 5. The highest BCUT2D eigenvalue weighted by atomic mass is 79.9. The Bertz CT molecular complexity index is 2410. The van der Waals surface area contributed by atoms with Crippen LogP contribution in [-0.2, 0) is 56.2 Å². The molecular formula is C55H81BrN10O17. The van der Waals surface area contributed by atoms with E-state index in [0.29, 0.717) is 89.8 Å². The summed E-state index contributed by atoms with van der Waals surface area (Å²) in [7, 11) is 0. The van der Waals surface area contributed by atoms with Crippen LogP contribution >= 0.6 is 15.9 Å². The Morgan fingerprint density at radius 3 is 1.43 bits per heavy atom. The molecule has 2 aromatic carbocycles. The fourth-order valence-corrected chi connectivity index (χ4v) is 9.12. The predicted octanol–water partition coefficient (Wildman–Crippen LogP) is 1.78. The Morgan fingerprint density at radius 2 is 0.940 bits per heavy atom. The van der Waals surface area contributed by atoms with Gasteiger partial charge in [0.15, 0.2) is 0 Å². The third kappa shape index (κ3) is 31.7. The van der Waals surface area contributed by atoms with E-state index in [-0.39, 0.29) is 115 Å². The molecule has 27 nitrogen and oxygen atoms in total. The molecule has 2 aromatic rings. The van der Waals surface area contributed by atoms with Crippen LogP contribution in [0.15, 0.2) is 53.0 Å². The number of amides is 6. The first-order valence-electron chi connectivity index (χ1n) is 27.8. The number of halogens is 1. The average molecular weight is 1230 g/mol. The fourth-order valence-electron chi connectivity index (χ4n) is 8.86. The van der Waals surface area contributed by atoms with Crippen molar-refractivity contribution in [2.45, 2.75) is 109 Å². The lowest BCUT2D eigenvalue weighted by Crippen LogP contribution is -2.51. The Labute approximate surface area is 490 Å². The molecular weight excluding hydrogens is 1150 g/mol. The van der Waals surface area contributed by atoms with Gasteiger partial charge in [-0.2, -0.15) is 0 Å². The van der Waals surface area contributed by atoms with Crippen LogP contribution in [0.2, 0.25) is 0 Å². The highest BCUT2D eigenvalue weighted by Gasteiger charge is 2.26. The van der Waals surface area contributed by atoms with E-state index in [1.54, 1.807) is 43.9 Å². The number of aliphatic carboxylic acids is 6. The van der Waals surface area contributed by atoms with Crippen LogP contribution in [0.4, 0.5) is 4.79 Å². The topological polar surface area (TPSA) is 386 Å². The third-order valence-corrected chi connectivity index (χ3v) is 14.0. The van der Waals surface area contributed by atoms with Gasteiger partial charge in [0, 0.05) is 114 Å². The van der Waals surface area contributed by atoms with Gasteiger partial charge in [-0.05, 0) is 86.8 Å². The van der Waals surface area contributed by atoms with Crippen LogP contribution in [0.3, 0.4) is 0 Å². The average Bonchev–Trinajstić information content (AvgIpc) is 3.48. The second-order valence-electron chi connectivity index (χ2n) is 20.3. The number of carbonyl (C=O) groups is 11. The van der Waals surface area contributed by atoms with Crippen LogP contribution in [0.25, 0.3) is 0 Å². The van der Waals surface area contributed by atoms with Gasteiger partial charge >= 0.3 is 41.8 Å². The van der Waals surface area contributed by atoms with Crippen molar-refractivity contribution in [2.24, 2.45) is 0 Å². The van der Waals surface area contributed by atoms with E-state index in [1.165, 1.54) is 0 Å². The number of rotatable bonds is 37. The molecule has 0 bridgehead atoms. The van der Waals surface area contributed by atoms with Crippen LogP contribution in [0.1, 0.15) is 105 Å². The van der Waals surface area contributed by atoms with Gasteiger partial charge in [0.25, 0.3) is 5.91 Å². The molecule has 1 heterocycles. The molecule has 2 unspecified atom stereocenters. The summed E-state index contributed by atoms with van der Waals surface area (Å²) < 4.78 is 0.871. The van der Waals surface area contributed by atoms with Gasteiger partial charge in [0.2, 0.25) is 17.7 Å². The molecule has 2 atom stereocenters. The quantitative estimate of drug-likeness (QED) is 0.0430. The molecule has 1 aliphatic heterocycles. The molecule has 0 spiro atoms. The Balaban J connectivity index is 1.33. The van der Waals surface area contributed by atoms with E-state index >= 15 is 0 Å². The zero-order valence-corrected chi connectivity index (χ0v) is 48.4. The summed E-state index contributed by atoms with van der Waals surface area (Å²) in [6.07, 6.45) is 4.32. The summed E-state index contributed by atoms with van der Waals surface area (Å²) in [5, 5.41) is 69.2. The maximum Gasteiger partial charge on any atom is 0.326 e. The van der Waals surface area contributed by atoms with Gasteiger partial charge < -0.3 is 62.1 Å². The molecule has 1 fully saturated rings. The minimum Gasteiger partial charge on any atom is -0.481 e. The predicted molar refractivity (Wildman–Crippen MR) is 304 cm³/mol. The Morgan fingerprint density at radius 1 is 0.470 bits per heavy atom. The molecule has 6 amide bonds. The van der Waals surface area contributed by atoms with E-state index in [2.05, 4.69) is 42.5 Å². The molecule has 0 aromatic heterocycles. The lowest BCUT2D eigenvalue weighted by Gasteiger charge is -2.32. The summed E-state index contributed by atoms with van der Waals surface area (Å²) in [5.74, 6) is -7.97. The summed E-state index contributed by atoms with van der Waals surface area (Å²) in [4.78, 5) is 142. The van der Waals surface area contributed by atoms with Crippen molar-refractivity contribution < 1.29 is 83.4 Å². The zero-order chi connectivity index (χ0) is 61.1. The highest BCUT2D eigenvalue weighted by Crippen LogP contribution is 2.16. The molecule has 83 heavy (non-hydrogen) atoms. The van der Waals surface area contributed by atoms with E-state index in [1.807, 2.05) is 29.2 Å². The number of benzene rings is 2. The Kier molecular flexibility index (Phi) is 33.1.